The van der Waals surface area contributed by atoms with Gasteiger partial charge in [0.15, 0.2) is 0 Å². The minimum Gasteiger partial charge on any atom is -0.309 e. The molecule has 8 aromatic rings. The van der Waals surface area contributed by atoms with Gasteiger partial charge in [0.25, 0.3) is 0 Å². The first-order valence-corrected chi connectivity index (χ1v) is 17.6. The summed E-state index contributed by atoms with van der Waals surface area (Å²) in [6.45, 7) is 9.69. The quantitative estimate of drug-likeness (QED) is 0.181. The molecule has 9 rings (SSSR count). The molecule has 1 heterocycles. The van der Waals surface area contributed by atoms with E-state index < -0.39 is 0 Å². The molecule has 0 N–H and O–H groups in total. The van der Waals surface area contributed by atoms with Crippen LogP contribution in [0.2, 0.25) is 0 Å². The molecule has 7 aromatic carbocycles. The zero-order chi connectivity index (χ0) is 34.0. The highest BCUT2D eigenvalue weighted by Crippen LogP contribution is 2.58. The summed E-state index contributed by atoms with van der Waals surface area (Å²) in [5.74, 6) is 0. The number of fused-ring (bicyclic) bond motifs is 6. The number of hydrogen-bond donors (Lipinski definition) is 0. The van der Waals surface area contributed by atoms with Crippen molar-refractivity contribution in [1.29, 1.82) is 0 Å². The number of hydrogen-bond acceptors (Lipinski definition) is 1. The fraction of sp³-hybridized carbons (Fsp3) is 0.125. The van der Waals surface area contributed by atoms with Crippen LogP contribution in [0.15, 0.2) is 170 Å². The van der Waals surface area contributed by atoms with E-state index in [4.69, 9.17) is 0 Å². The molecule has 1 aliphatic rings. The molecule has 0 atom stereocenters. The van der Waals surface area contributed by atoms with Gasteiger partial charge < -0.3 is 9.47 Å². The molecule has 0 spiro atoms. The standard InChI is InChI=1S/C48H40N2/c1-47(2)39-25-16-27-42(45(39)37-31-30-34(32-40(37)48(47,3)4)33-18-8-5-9-19-33)50(36-22-12-7-13-23-36)44-29-17-28-43-46(44)38-24-14-15-26-41(38)49(43)35-20-10-6-11-21-35/h5-32H,1-4H3. The lowest BCUT2D eigenvalue weighted by molar-refractivity contribution is 0.299. The van der Waals surface area contributed by atoms with Gasteiger partial charge in [-0.1, -0.05) is 143 Å². The number of aromatic nitrogens is 1. The van der Waals surface area contributed by atoms with Crippen molar-refractivity contribution in [3.05, 3.63) is 181 Å². The van der Waals surface area contributed by atoms with E-state index in [0.717, 1.165) is 17.1 Å². The first kappa shape index (κ1) is 30.2. The number of benzene rings is 7. The second-order valence-corrected chi connectivity index (χ2v) is 14.6. The van der Waals surface area contributed by atoms with Gasteiger partial charge in [-0.2, -0.15) is 0 Å². The Bertz CT molecular complexity index is 2520. The van der Waals surface area contributed by atoms with Gasteiger partial charge in [-0.15, -0.1) is 0 Å². The Balaban J connectivity index is 1.37. The van der Waals surface area contributed by atoms with Crippen LogP contribution in [0, 0.1) is 0 Å². The van der Waals surface area contributed by atoms with Crippen LogP contribution in [0.4, 0.5) is 17.1 Å². The molecule has 0 aliphatic heterocycles. The summed E-state index contributed by atoms with van der Waals surface area (Å²) >= 11 is 0. The van der Waals surface area contributed by atoms with Crippen molar-refractivity contribution in [3.63, 3.8) is 0 Å². The van der Waals surface area contributed by atoms with Gasteiger partial charge in [0.1, 0.15) is 0 Å². The Kier molecular flexibility index (Phi) is 6.86. The van der Waals surface area contributed by atoms with Crippen LogP contribution in [-0.2, 0) is 10.8 Å². The van der Waals surface area contributed by atoms with E-state index in [9.17, 15) is 0 Å². The van der Waals surface area contributed by atoms with Crippen molar-refractivity contribution in [2.75, 3.05) is 4.90 Å². The van der Waals surface area contributed by atoms with Crippen LogP contribution >= 0.6 is 0 Å². The molecule has 2 nitrogen and oxygen atoms in total. The molecule has 1 aromatic heterocycles. The third-order valence-corrected chi connectivity index (χ3v) is 11.5. The Labute approximate surface area is 294 Å². The van der Waals surface area contributed by atoms with Crippen molar-refractivity contribution in [2.24, 2.45) is 0 Å². The molecular weight excluding hydrogens is 605 g/mol. The van der Waals surface area contributed by atoms with Crippen molar-refractivity contribution >= 4 is 38.9 Å². The van der Waals surface area contributed by atoms with Crippen LogP contribution in [0.1, 0.15) is 38.8 Å². The minimum absolute atomic E-state index is 0.112. The van der Waals surface area contributed by atoms with Gasteiger partial charge in [0, 0.05) is 27.7 Å². The van der Waals surface area contributed by atoms with E-state index in [0.29, 0.717) is 0 Å². The first-order valence-electron chi connectivity index (χ1n) is 17.6. The van der Waals surface area contributed by atoms with Crippen LogP contribution < -0.4 is 4.90 Å². The predicted molar refractivity (Wildman–Crippen MR) is 212 cm³/mol. The largest absolute Gasteiger partial charge is 0.309 e. The van der Waals surface area contributed by atoms with Crippen LogP contribution in [-0.4, -0.2) is 4.57 Å². The monoisotopic (exact) mass is 644 g/mol. The second-order valence-electron chi connectivity index (χ2n) is 14.6. The molecule has 50 heavy (non-hydrogen) atoms. The molecule has 1 aliphatic carbocycles. The first-order chi connectivity index (χ1) is 24.4. The van der Waals surface area contributed by atoms with Gasteiger partial charge in [0.2, 0.25) is 0 Å². The molecule has 0 saturated heterocycles. The highest BCUT2D eigenvalue weighted by Gasteiger charge is 2.47. The second kappa shape index (κ2) is 11.4. The SMILES string of the molecule is CC1(C)c2cc(-c3ccccc3)ccc2-c2c(N(c3ccccc3)c3cccc4c3c3ccccc3n4-c3ccccc3)cccc2C1(C)C. The van der Waals surface area contributed by atoms with E-state index in [2.05, 4.69) is 207 Å². The van der Waals surface area contributed by atoms with Crippen molar-refractivity contribution in [3.8, 4) is 27.9 Å². The van der Waals surface area contributed by atoms with E-state index in [-0.39, 0.29) is 10.8 Å². The summed E-state index contributed by atoms with van der Waals surface area (Å²) in [6, 6.07) is 62.1. The molecule has 0 radical (unpaired) electrons. The minimum atomic E-state index is -0.141. The van der Waals surface area contributed by atoms with Gasteiger partial charge in [-0.25, -0.2) is 0 Å². The summed E-state index contributed by atoms with van der Waals surface area (Å²) in [5, 5.41) is 2.48. The lowest BCUT2D eigenvalue weighted by Crippen LogP contribution is -2.43. The Hall–Kier alpha value is -5.86. The fourth-order valence-corrected chi connectivity index (χ4v) is 8.32. The third kappa shape index (κ3) is 4.41. The number of anilines is 3. The lowest BCUT2D eigenvalue weighted by atomic mass is 9.55. The zero-order valence-electron chi connectivity index (χ0n) is 29.1. The van der Waals surface area contributed by atoms with E-state index in [1.54, 1.807) is 0 Å². The van der Waals surface area contributed by atoms with Crippen molar-refractivity contribution < 1.29 is 0 Å². The number of para-hydroxylation sites is 3. The summed E-state index contributed by atoms with van der Waals surface area (Å²) in [4.78, 5) is 2.51. The van der Waals surface area contributed by atoms with E-state index in [1.165, 1.54) is 60.9 Å². The maximum absolute atomic E-state index is 2.51. The van der Waals surface area contributed by atoms with Crippen LogP contribution in [0.25, 0.3) is 49.7 Å². The molecule has 0 unspecified atom stereocenters. The molecule has 2 heteroatoms. The topological polar surface area (TPSA) is 8.17 Å². The fourth-order valence-electron chi connectivity index (χ4n) is 8.32. The van der Waals surface area contributed by atoms with Gasteiger partial charge in [-0.3, -0.25) is 0 Å². The normalized spacial score (nSPS) is 14.3. The van der Waals surface area contributed by atoms with E-state index >= 15 is 0 Å². The van der Waals surface area contributed by atoms with Gasteiger partial charge in [0.05, 0.1) is 22.4 Å². The molecule has 0 bridgehead atoms. The zero-order valence-corrected chi connectivity index (χ0v) is 29.1. The highest BCUT2D eigenvalue weighted by molar-refractivity contribution is 6.17. The van der Waals surface area contributed by atoms with E-state index in [1.807, 2.05) is 0 Å². The smallest absolute Gasteiger partial charge is 0.0562 e. The average molecular weight is 645 g/mol. The predicted octanol–water partition coefficient (Wildman–Crippen LogP) is 13.2. The highest BCUT2D eigenvalue weighted by atomic mass is 15.2. The molecule has 0 amide bonds. The summed E-state index contributed by atoms with van der Waals surface area (Å²) < 4.78 is 2.41. The Morgan fingerprint density at radius 3 is 1.82 bits per heavy atom. The maximum Gasteiger partial charge on any atom is 0.0562 e. The van der Waals surface area contributed by atoms with Crippen LogP contribution in [0.3, 0.4) is 0 Å². The molecule has 0 fully saturated rings. The van der Waals surface area contributed by atoms with Crippen molar-refractivity contribution in [2.45, 2.75) is 38.5 Å². The molecule has 0 saturated carbocycles. The molecular formula is C48H40N2. The number of nitrogens with zero attached hydrogens (tertiary/aromatic N) is 2. The molecule has 242 valence electrons. The summed E-state index contributed by atoms with van der Waals surface area (Å²) in [6.07, 6.45) is 0. The number of rotatable bonds is 5. The summed E-state index contributed by atoms with van der Waals surface area (Å²) in [5.41, 5.74) is 14.7. The maximum atomic E-state index is 2.51. The third-order valence-electron chi connectivity index (χ3n) is 11.5. The lowest BCUT2D eigenvalue weighted by Gasteiger charge is -2.49. The summed E-state index contributed by atoms with van der Waals surface area (Å²) in [7, 11) is 0. The average Bonchev–Trinajstić information content (AvgIpc) is 3.50. The van der Waals surface area contributed by atoms with Crippen molar-refractivity contribution in [1.82, 2.24) is 4.57 Å². The van der Waals surface area contributed by atoms with Gasteiger partial charge in [-0.05, 0) is 93.2 Å². The Morgan fingerprint density at radius 1 is 0.460 bits per heavy atom. The Morgan fingerprint density at radius 2 is 1.06 bits per heavy atom. The van der Waals surface area contributed by atoms with Gasteiger partial charge >= 0.3 is 0 Å². The van der Waals surface area contributed by atoms with Crippen LogP contribution in [0.5, 0.6) is 0 Å².